The largest absolute Gasteiger partial charge is 0.494 e. The van der Waals surface area contributed by atoms with Gasteiger partial charge in [-0.3, -0.25) is 9.89 Å². The van der Waals surface area contributed by atoms with Gasteiger partial charge in [0.1, 0.15) is 17.6 Å². The minimum atomic E-state index is -0.177. The molecule has 1 aromatic carbocycles. The first-order chi connectivity index (χ1) is 12.7. The van der Waals surface area contributed by atoms with Gasteiger partial charge in [-0.1, -0.05) is 0 Å². The summed E-state index contributed by atoms with van der Waals surface area (Å²) in [5.74, 6) is 1.50. The van der Waals surface area contributed by atoms with Crippen LogP contribution in [0.4, 0.5) is 0 Å². The van der Waals surface area contributed by atoms with E-state index in [0.717, 1.165) is 53.3 Å². The molecule has 0 radical (unpaired) electrons. The molecule has 26 heavy (non-hydrogen) atoms. The molecule has 138 valence electrons. The maximum absolute atomic E-state index is 12.6. The van der Waals surface area contributed by atoms with Gasteiger partial charge in [0.05, 0.1) is 6.61 Å². The Bertz CT molecular complexity index is 830. The third-order valence-corrected chi connectivity index (χ3v) is 4.84. The third kappa shape index (κ3) is 3.14. The van der Waals surface area contributed by atoms with E-state index in [1.807, 2.05) is 19.1 Å². The van der Waals surface area contributed by atoms with Crippen molar-refractivity contribution in [1.29, 1.82) is 0 Å². The van der Waals surface area contributed by atoms with Gasteiger partial charge >= 0.3 is 0 Å². The zero-order chi connectivity index (χ0) is 18.1. The quantitative estimate of drug-likeness (QED) is 0.759. The summed E-state index contributed by atoms with van der Waals surface area (Å²) in [5, 5.41) is 13.4. The van der Waals surface area contributed by atoms with Crippen molar-refractivity contribution < 1.29 is 14.3 Å². The Kier molecular flexibility index (Phi) is 4.55. The number of hydrogen-bond acceptors (Lipinski definition) is 5. The van der Waals surface area contributed by atoms with Gasteiger partial charge in [0, 0.05) is 54.9 Å². The van der Waals surface area contributed by atoms with E-state index in [4.69, 9.17) is 9.47 Å². The fourth-order valence-electron chi connectivity index (χ4n) is 3.58. The number of nitrogens with one attached hydrogen (secondary N) is 3. The summed E-state index contributed by atoms with van der Waals surface area (Å²) < 4.78 is 11.6. The molecule has 0 saturated heterocycles. The molecule has 2 aromatic rings. The Morgan fingerprint density at radius 3 is 3.19 bits per heavy atom. The molecule has 3 N–H and O–H groups in total. The lowest BCUT2D eigenvalue weighted by atomic mass is 10.1. The van der Waals surface area contributed by atoms with Gasteiger partial charge in [-0.05, 0) is 26.0 Å². The number of H-pyrrole nitrogens is 1. The number of carbonyl (C=O) groups excluding carboxylic acids is 1. The zero-order valence-corrected chi connectivity index (χ0v) is 15.1. The summed E-state index contributed by atoms with van der Waals surface area (Å²) in [6, 6.07) is 4.01. The van der Waals surface area contributed by atoms with Crippen molar-refractivity contribution in [2.75, 3.05) is 13.2 Å². The molecule has 3 heterocycles. The number of aromatic nitrogens is 2. The van der Waals surface area contributed by atoms with E-state index in [1.54, 1.807) is 0 Å². The average molecular weight is 356 g/mol. The Hall–Kier alpha value is -2.54. The summed E-state index contributed by atoms with van der Waals surface area (Å²) >= 11 is 0. The molecule has 7 nitrogen and oxygen atoms in total. The molecule has 1 aromatic heterocycles. The van der Waals surface area contributed by atoms with Crippen LogP contribution in [0.25, 0.3) is 0 Å². The SMILES string of the molecule is CCOc1cc2c(cc1CNC(=O)c1n[nH]c3c1CNCC3)OC(C)C2. The molecule has 0 fully saturated rings. The molecule has 0 saturated carbocycles. The third-order valence-electron chi connectivity index (χ3n) is 4.84. The number of hydrogen-bond donors (Lipinski definition) is 3. The van der Waals surface area contributed by atoms with Crippen LogP contribution < -0.4 is 20.1 Å². The Labute approximate surface area is 152 Å². The maximum atomic E-state index is 12.6. The van der Waals surface area contributed by atoms with Crippen LogP contribution in [0.3, 0.4) is 0 Å². The lowest BCUT2D eigenvalue weighted by Gasteiger charge is -2.14. The van der Waals surface area contributed by atoms with Gasteiger partial charge in [0.25, 0.3) is 5.91 Å². The van der Waals surface area contributed by atoms with Crippen molar-refractivity contribution >= 4 is 5.91 Å². The number of carbonyl (C=O) groups is 1. The highest BCUT2D eigenvalue weighted by Gasteiger charge is 2.24. The number of fused-ring (bicyclic) bond motifs is 2. The maximum Gasteiger partial charge on any atom is 0.272 e. The van der Waals surface area contributed by atoms with Crippen molar-refractivity contribution in [2.45, 2.75) is 45.9 Å². The number of amides is 1. The average Bonchev–Trinajstić information content (AvgIpc) is 3.22. The second-order valence-corrected chi connectivity index (χ2v) is 6.77. The lowest BCUT2D eigenvalue weighted by Crippen LogP contribution is -2.28. The van der Waals surface area contributed by atoms with Crippen molar-refractivity contribution in [1.82, 2.24) is 20.8 Å². The zero-order valence-electron chi connectivity index (χ0n) is 15.1. The van der Waals surface area contributed by atoms with Crippen molar-refractivity contribution in [3.8, 4) is 11.5 Å². The highest BCUT2D eigenvalue weighted by molar-refractivity contribution is 5.94. The van der Waals surface area contributed by atoms with E-state index in [-0.39, 0.29) is 12.0 Å². The van der Waals surface area contributed by atoms with Gasteiger partial charge in [0.15, 0.2) is 5.69 Å². The van der Waals surface area contributed by atoms with E-state index in [0.29, 0.717) is 25.4 Å². The van der Waals surface area contributed by atoms with E-state index in [2.05, 4.69) is 27.8 Å². The molecule has 2 aliphatic rings. The van der Waals surface area contributed by atoms with Crippen molar-refractivity contribution in [3.05, 3.63) is 40.2 Å². The summed E-state index contributed by atoms with van der Waals surface area (Å²) in [6.07, 6.45) is 1.92. The van der Waals surface area contributed by atoms with Crippen LogP contribution in [0.1, 0.15) is 46.7 Å². The second kappa shape index (κ2) is 6.99. The minimum Gasteiger partial charge on any atom is -0.494 e. The number of ether oxygens (including phenoxy) is 2. The highest BCUT2D eigenvalue weighted by Crippen LogP contribution is 2.35. The summed E-state index contributed by atoms with van der Waals surface area (Å²) in [4.78, 5) is 12.6. The number of benzene rings is 1. The predicted molar refractivity (Wildman–Crippen MR) is 96.6 cm³/mol. The summed E-state index contributed by atoms with van der Waals surface area (Å²) in [6.45, 7) is 6.53. The van der Waals surface area contributed by atoms with Crippen molar-refractivity contribution in [2.24, 2.45) is 0 Å². The number of aromatic amines is 1. The Morgan fingerprint density at radius 2 is 2.35 bits per heavy atom. The first-order valence-electron chi connectivity index (χ1n) is 9.16. The highest BCUT2D eigenvalue weighted by atomic mass is 16.5. The van der Waals surface area contributed by atoms with Crippen molar-refractivity contribution in [3.63, 3.8) is 0 Å². The van der Waals surface area contributed by atoms with E-state index < -0.39 is 0 Å². The molecular formula is C19H24N4O3. The van der Waals surface area contributed by atoms with Gasteiger partial charge in [-0.2, -0.15) is 5.10 Å². The van der Waals surface area contributed by atoms with Crippen LogP contribution in [0.5, 0.6) is 11.5 Å². The molecule has 7 heteroatoms. The standard InChI is InChI=1S/C19H24N4O3/c1-3-25-16-7-12-6-11(2)26-17(12)8-13(16)9-21-19(24)18-14-10-20-5-4-15(14)22-23-18/h7-8,11,20H,3-6,9-10H2,1-2H3,(H,21,24)(H,22,23). The summed E-state index contributed by atoms with van der Waals surface area (Å²) in [7, 11) is 0. The van der Waals surface area contributed by atoms with Gasteiger partial charge in [-0.15, -0.1) is 0 Å². The molecule has 0 bridgehead atoms. The smallest absolute Gasteiger partial charge is 0.272 e. The minimum absolute atomic E-state index is 0.174. The topological polar surface area (TPSA) is 88.3 Å². The molecule has 0 aliphatic carbocycles. The molecule has 1 amide bonds. The fourth-order valence-corrected chi connectivity index (χ4v) is 3.58. The monoisotopic (exact) mass is 356 g/mol. The van der Waals surface area contributed by atoms with Gasteiger partial charge in [-0.25, -0.2) is 0 Å². The summed E-state index contributed by atoms with van der Waals surface area (Å²) in [5.41, 5.74) is 4.55. The lowest BCUT2D eigenvalue weighted by molar-refractivity contribution is 0.0944. The Morgan fingerprint density at radius 1 is 1.46 bits per heavy atom. The van der Waals surface area contributed by atoms with Crippen LogP contribution in [0.15, 0.2) is 12.1 Å². The molecule has 0 spiro atoms. The van der Waals surface area contributed by atoms with Crippen LogP contribution in [0.2, 0.25) is 0 Å². The fraction of sp³-hybridized carbons (Fsp3) is 0.474. The van der Waals surface area contributed by atoms with Crippen LogP contribution >= 0.6 is 0 Å². The normalized spacial score (nSPS) is 18.0. The molecular weight excluding hydrogens is 332 g/mol. The van der Waals surface area contributed by atoms with E-state index in [1.165, 1.54) is 0 Å². The van der Waals surface area contributed by atoms with E-state index in [9.17, 15) is 4.79 Å². The van der Waals surface area contributed by atoms with Gasteiger partial charge < -0.3 is 20.1 Å². The van der Waals surface area contributed by atoms with Gasteiger partial charge in [0.2, 0.25) is 0 Å². The van der Waals surface area contributed by atoms with Crippen LogP contribution in [-0.2, 0) is 25.9 Å². The first-order valence-corrected chi connectivity index (χ1v) is 9.16. The van der Waals surface area contributed by atoms with Crippen LogP contribution in [0, 0.1) is 0 Å². The molecule has 1 unspecified atom stereocenters. The number of nitrogens with zero attached hydrogens (tertiary/aromatic N) is 1. The first kappa shape index (κ1) is 16.9. The molecule has 1 atom stereocenters. The predicted octanol–water partition coefficient (Wildman–Crippen LogP) is 1.71. The second-order valence-electron chi connectivity index (χ2n) is 6.77. The van der Waals surface area contributed by atoms with Crippen LogP contribution in [-0.4, -0.2) is 35.4 Å². The molecule has 4 rings (SSSR count). The van der Waals surface area contributed by atoms with E-state index >= 15 is 0 Å². The number of rotatable bonds is 5. The Balaban J connectivity index is 1.51. The molecule has 2 aliphatic heterocycles.